The predicted molar refractivity (Wildman–Crippen MR) is 154 cm³/mol. The third-order valence-corrected chi connectivity index (χ3v) is 12.5. The summed E-state index contributed by atoms with van der Waals surface area (Å²) < 4.78 is 13.3. The molecule has 5 nitrogen and oxygen atoms in total. The fourth-order valence-electron chi connectivity index (χ4n) is 4.61. The van der Waals surface area contributed by atoms with Crippen LogP contribution in [-0.2, 0) is 15.3 Å². The number of nitrogens with zero attached hydrogens (tertiary/aromatic N) is 1. The standard InChI is InChI=1S/C29H40BrNO4Si/c1-18(35-36(10,11)28(5,6)7)17-34-19-12-13-20-23(16-19)31(26(32)33)22-15-14-21(30)24(27(2,3)4)25(22)29(20,8)9/h12-16H,1,17H2,2-11H3,(H,32,33). The molecule has 1 aliphatic heterocycles. The second-order valence-electron chi connectivity index (χ2n) is 12.7. The van der Waals surface area contributed by atoms with E-state index < -0.39 is 19.8 Å². The van der Waals surface area contributed by atoms with Crippen LogP contribution in [0.2, 0.25) is 18.1 Å². The average molecular weight is 575 g/mol. The van der Waals surface area contributed by atoms with Crippen molar-refractivity contribution in [3.05, 3.63) is 63.8 Å². The minimum Gasteiger partial charge on any atom is -0.544 e. The van der Waals surface area contributed by atoms with Crippen LogP contribution in [-0.4, -0.2) is 26.1 Å². The van der Waals surface area contributed by atoms with Crippen molar-refractivity contribution in [1.82, 2.24) is 0 Å². The molecule has 36 heavy (non-hydrogen) atoms. The van der Waals surface area contributed by atoms with Crippen molar-refractivity contribution in [2.24, 2.45) is 0 Å². The van der Waals surface area contributed by atoms with Crippen molar-refractivity contribution in [3.8, 4) is 5.75 Å². The number of ether oxygens (including phenoxy) is 1. The summed E-state index contributed by atoms with van der Waals surface area (Å²) in [5.74, 6) is 1.16. The highest BCUT2D eigenvalue weighted by Crippen LogP contribution is 2.54. The summed E-state index contributed by atoms with van der Waals surface area (Å²) in [4.78, 5) is 14.0. The first kappa shape index (κ1) is 28.3. The Morgan fingerprint density at radius 1 is 1.08 bits per heavy atom. The minimum atomic E-state index is -2.01. The molecule has 3 rings (SSSR count). The molecule has 0 atom stereocenters. The molecule has 1 N–H and O–H groups in total. The highest BCUT2D eigenvalue weighted by Gasteiger charge is 2.43. The second kappa shape index (κ2) is 9.25. The van der Waals surface area contributed by atoms with E-state index >= 15 is 0 Å². The maximum Gasteiger partial charge on any atom is 0.416 e. The number of benzene rings is 2. The van der Waals surface area contributed by atoms with Gasteiger partial charge in [-0.15, -0.1) is 0 Å². The van der Waals surface area contributed by atoms with E-state index in [0.29, 0.717) is 22.9 Å². The number of halogens is 1. The van der Waals surface area contributed by atoms with Gasteiger partial charge in [-0.2, -0.15) is 0 Å². The Morgan fingerprint density at radius 3 is 2.22 bits per heavy atom. The first-order valence-corrected chi connectivity index (χ1v) is 16.0. The molecule has 7 heteroatoms. The Balaban J connectivity index is 2.02. The molecule has 0 unspecified atom stereocenters. The summed E-state index contributed by atoms with van der Waals surface area (Å²) in [5.41, 5.74) is 3.74. The molecule has 1 aliphatic rings. The molecule has 1 heterocycles. The van der Waals surface area contributed by atoms with E-state index in [-0.39, 0.29) is 17.1 Å². The average Bonchev–Trinajstić information content (AvgIpc) is 2.70. The lowest BCUT2D eigenvalue weighted by molar-refractivity contribution is 0.204. The molecular formula is C29H40BrNO4Si. The molecule has 0 spiro atoms. The van der Waals surface area contributed by atoms with Crippen molar-refractivity contribution in [2.45, 2.75) is 84.4 Å². The third-order valence-electron chi connectivity index (χ3n) is 7.43. The molecule has 0 radical (unpaired) electrons. The second-order valence-corrected chi connectivity index (χ2v) is 18.3. The van der Waals surface area contributed by atoms with Gasteiger partial charge in [0.05, 0.1) is 11.4 Å². The summed E-state index contributed by atoms with van der Waals surface area (Å²) in [5, 5.41) is 10.4. The van der Waals surface area contributed by atoms with Crippen LogP contribution in [0, 0.1) is 0 Å². The maximum atomic E-state index is 12.6. The van der Waals surface area contributed by atoms with Crippen LogP contribution in [0.15, 0.2) is 47.1 Å². The Bertz CT molecular complexity index is 1200. The molecule has 0 saturated heterocycles. The number of anilines is 2. The molecular weight excluding hydrogens is 534 g/mol. The van der Waals surface area contributed by atoms with E-state index in [9.17, 15) is 9.90 Å². The Labute approximate surface area is 225 Å². The summed E-state index contributed by atoms with van der Waals surface area (Å²) in [6.45, 7) is 25.9. The topological polar surface area (TPSA) is 59.0 Å². The number of rotatable bonds is 5. The van der Waals surface area contributed by atoms with E-state index in [1.54, 1.807) is 0 Å². The van der Waals surface area contributed by atoms with Crippen LogP contribution in [0.5, 0.6) is 5.75 Å². The lowest BCUT2D eigenvalue weighted by Gasteiger charge is -2.43. The molecule has 1 amide bonds. The molecule has 196 valence electrons. The van der Waals surface area contributed by atoms with Gasteiger partial charge >= 0.3 is 6.09 Å². The van der Waals surface area contributed by atoms with Crippen molar-refractivity contribution in [1.29, 1.82) is 0 Å². The van der Waals surface area contributed by atoms with Gasteiger partial charge in [0.15, 0.2) is 0 Å². The molecule has 0 saturated carbocycles. The van der Waals surface area contributed by atoms with Gasteiger partial charge in [0, 0.05) is 16.0 Å². The smallest absolute Gasteiger partial charge is 0.416 e. The number of carbonyl (C=O) groups is 1. The van der Waals surface area contributed by atoms with Gasteiger partial charge in [-0.25, -0.2) is 9.69 Å². The van der Waals surface area contributed by atoms with Crippen LogP contribution in [0.1, 0.15) is 72.1 Å². The Hall–Kier alpha value is -2.25. The summed E-state index contributed by atoms with van der Waals surface area (Å²) in [7, 11) is -2.01. The van der Waals surface area contributed by atoms with Gasteiger partial charge in [-0.3, -0.25) is 0 Å². The van der Waals surface area contributed by atoms with Crippen molar-refractivity contribution >= 4 is 41.7 Å². The van der Waals surface area contributed by atoms with Crippen molar-refractivity contribution < 1.29 is 19.1 Å². The molecule has 0 fully saturated rings. The highest BCUT2D eigenvalue weighted by molar-refractivity contribution is 9.10. The zero-order valence-corrected chi connectivity index (χ0v) is 25.9. The number of hydrogen-bond donors (Lipinski definition) is 1. The summed E-state index contributed by atoms with van der Waals surface area (Å²) in [6.07, 6.45) is -1.03. The van der Waals surface area contributed by atoms with E-state index in [1.165, 1.54) is 4.90 Å². The summed E-state index contributed by atoms with van der Waals surface area (Å²) in [6, 6.07) is 9.52. The molecule has 0 bridgehead atoms. The van der Waals surface area contributed by atoms with Gasteiger partial charge in [-0.1, -0.05) is 84.0 Å². The Morgan fingerprint density at radius 2 is 1.69 bits per heavy atom. The lowest BCUT2D eigenvalue weighted by Crippen LogP contribution is -2.40. The first-order valence-electron chi connectivity index (χ1n) is 12.3. The van der Waals surface area contributed by atoms with Crippen LogP contribution < -0.4 is 9.64 Å². The molecule has 2 aromatic rings. The van der Waals surface area contributed by atoms with Gasteiger partial charge < -0.3 is 14.3 Å². The SMILES string of the molecule is C=C(COc1ccc2c(c1)N(C(=O)O)c1ccc(Br)c(C(C)(C)C)c1C2(C)C)O[Si](C)(C)C(C)(C)C. The first-order chi connectivity index (χ1) is 16.3. The molecule has 2 aromatic carbocycles. The number of fused-ring (bicyclic) bond motifs is 2. The number of carboxylic acid groups (broad SMARTS) is 1. The van der Waals surface area contributed by atoms with E-state index in [0.717, 1.165) is 21.2 Å². The zero-order chi connectivity index (χ0) is 27.4. The highest BCUT2D eigenvalue weighted by atomic mass is 79.9. The fourth-order valence-corrected chi connectivity index (χ4v) is 6.62. The quantitative estimate of drug-likeness (QED) is 0.286. The fraction of sp³-hybridized carbons (Fsp3) is 0.483. The van der Waals surface area contributed by atoms with Crippen molar-refractivity contribution in [2.75, 3.05) is 11.5 Å². The Kier molecular flexibility index (Phi) is 7.27. The van der Waals surface area contributed by atoms with E-state index in [1.807, 2.05) is 30.3 Å². The van der Waals surface area contributed by atoms with Gasteiger partial charge in [0.2, 0.25) is 8.32 Å². The molecule has 0 aliphatic carbocycles. The van der Waals surface area contributed by atoms with Crippen LogP contribution in [0.4, 0.5) is 16.2 Å². The maximum absolute atomic E-state index is 12.6. The predicted octanol–water partition coefficient (Wildman–Crippen LogP) is 9.12. The van der Waals surface area contributed by atoms with Gasteiger partial charge in [0.25, 0.3) is 0 Å². The molecule has 0 aromatic heterocycles. The van der Waals surface area contributed by atoms with Gasteiger partial charge in [0.1, 0.15) is 18.1 Å². The zero-order valence-electron chi connectivity index (χ0n) is 23.3. The number of amides is 1. The van der Waals surface area contributed by atoms with Crippen molar-refractivity contribution in [3.63, 3.8) is 0 Å². The number of hydrogen-bond acceptors (Lipinski definition) is 3. The lowest BCUT2D eigenvalue weighted by atomic mass is 9.68. The third kappa shape index (κ3) is 5.10. The van der Waals surface area contributed by atoms with Crippen LogP contribution in [0.25, 0.3) is 0 Å². The normalized spacial score (nSPS) is 15.1. The van der Waals surface area contributed by atoms with Gasteiger partial charge in [-0.05, 0) is 58.4 Å². The minimum absolute atomic E-state index is 0.0592. The summed E-state index contributed by atoms with van der Waals surface area (Å²) >= 11 is 3.73. The van der Waals surface area contributed by atoms with E-state index in [4.69, 9.17) is 9.16 Å². The van der Waals surface area contributed by atoms with E-state index in [2.05, 4.69) is 91.0 Å². The largest absolute Gasteiger partial charge is 0.544 e. The van der Waals surface area contributed by atoms with Crippen LogP contribution >= 0.6 is 15.9 Å². The van der Waals surface area contributed by atoms with Crippen LogP contribution in [0.3, 0.4) is 0 Å². The monoisotopic (exact) mass is 573 g/mol.